The van der Waals surface area contributed by atoms with E-state index in [2.05, 4.69) is 0 Å². The first-order valence-electron chi connectivity index (χ1n) is 10.4. The fourth-order valence-corrected chi connectivity index (χ4v) is 4.57. The number of amides is 4. The topological polar surface area (TPSA) is 79.7 Å². The molecular formula is C23H25N3O4. The van der Waals surface area contributed by atoms with Gasteiger partial charge >= 0.3 is 17.8 Å². The highest BCUT2D eigenvalue weighted by Crippen LogP contribution is 2.27. The minimum Gasteiger partial charge on any atom is -0.318 e. The number of nitrogens with zero attached hydrogens (tertiary/aromatic N) is 3. The molecule has 2 aliphatic rings. The van der Waals surface area contributed by atoms with Crippen LogP contribution in [0, 0.1) is 13.8 Å². The van der Waals surface area contributed by atoms with Crippen molar-refractivity contribution in [3.8, 4) is 5.69 Å². The number of carbonyl (C=O) groups excluding carboxylic acids is 4. The molecule has 1 saturated heterocycles. The molecule has 1 saturated carbocycles. The molecule has 2 fully saturated rings. The third kappa shape index (κ3) is 3.34. The summed E-state index contributed by atoms with van der Waals surface area (Å²) in [4.78, 5) is 52.6. The number of Topliss-reactive ketones (excluding diaryl/α,β-unsaturated/α-hetero) is 1. The maximum absolute atomic E-state index is 13.0. The van der Waals surface area contributed by atoms with Gasteiger partial charge in [0, 0.05) is 28.7 Å². The van der Waals surface area contributed by atoms with Crippen LogP contribution in [-0.4, -0.2) is 50.6 Å². The molecule has 4 rings (SSSR count). The number of rotatable bonds is 5. The summed E-state index contributed by atoms with van der Waals surface area (Å²) in [5.74, 6) is -2.07. The number of hydrogen-bond acceptors (Lipinski definition) is 4. The van der Waals surface area contributed by atoms with Crippen LogP contribution >= 0.6 is 0 Å². The monoisotopic (exact) mass is 407 g/mol. The molecule has 0 unspecified atom stereocenters. The Labute approximate surface area is 175 Å². The lowest BCUT2D eigenvalue weighted by Crippen LogP contribution is -2.43. The molecular weight excluding hydrogens is 382 g/mol. The van der Waals surface area contributed by atoms with Gasteiger partial charge in [0.1, 0.15) is 0 Å². The van der Waals surface area contributed by atoms with Crippen molar-refractivity contribution in [3.63, 3.8) is 0 Å². The molecule has 1 aromatic carbocycles. The summed E-state index contributed by atoms with van der Waals surface area (Å²) in [5, 5.41) is 0. The zero-order valence-electron chi connectivity index (χ0n) is 17.3. The summed E-state index contributed by atoms with van der Waals surface area (Å²) >= 11 is 0. The molecule has 4 amide bonds. The lowest BCUT2D eigenvalue weighted by atomic mass is 9.94. The fraction of sp³-hybridized carbons (Fsp3) is 0.391. The van der Waals surface area contributed by atoms with Crippen molar-refractivity contribution in [2.75, 3.05) is 6.54 Å². The Morgan fingerprint density at radius 1 is 0.967 bits per heavy atom. The quantitative estimate of drug-likeness (QED) is 0.432. The largest absolute Gasteiger partial charge is 0.334 e. The molecule has 0 atom stereocenters. The number of hydrogen-bond donors (Lipinski definition) is 0. The van der Waals surface area contributed by atoms with Crippen LogP contribution < -0.4 is 0 Å². The number of carbonyl (C=O) groups is 4. The molecule has 1 aromatic heterocycles. The Hall–Kier alpha value is -3.22. The molecule has 7 heteroatoms. The zero-order valence-corrected chi connectivity index (χ0v) is 17.3. The highest BCUT2D eigenvalue weighted by Gasteiger charge is 2.48. The van der Waals surface area contributed by atoms with Gasteiger partial charge in [-0.15, -0.1) is 0 Å². The summed E-state index contributed by atoms with van der Waals surface area (Å²) in [6, 6.07) is 10.5. The Kier molecular flexibility index (Phi) is 5.28. The number of aryl methyl sites for hydroxylation is 1. The second-order valence-electron chi connectivity index (χ2n) is 8.02. The van der Waals surface area contributed by atoms with Gasteiger partial charge in [0.05, 0.1) is 6.54 Å². The first-order valence-corrected chi connectivity index (χ1v) is 10.4. The van der Waals surface area contributed by atoms with E-state index in [9.17, 15) is 19.2 Å². The second kappa shape index (κ2) is 7.89. The maximum atomic E-state index is 13.0. The second-order valence-corrected chi connectivity index (χ2v) is 8.02. The minimum atomic E-state index is -0.907. The normalized spacial score (nSPS) is 17.9. The van der Waals surface area contributed by atoms with Gasteiger partial charge < -0.3 is 4.57 Å². The van der Waals surface area contributed by atoms with Gasteiger partial charge in [-0.2, -0.15) is 0 Å². The highest BCUT2D eigenvalue weighted by molar-refractivity contribution is 6.45. The molecule has 2 heterocycles. The van der Waals surface area contributed by atoms with E-state index >= 15 is 0 Å². The molecule has 2 aromatic rings. The van der Waals surface area contributed by atoms with Crippen LogP contribution in [0.5, 0.6) is 0 Å². The van der Waals surface area contributed by atoms with Crippen molar-refractivity contribution in [1.29, 1.82) is 0 Å². The van der Waals surface area contributed by atoms with Crippen LogP contribution in [0.25, 0.3) is 5.69 Å². The van der Waals surface area contributed by atoms with Crippen molar-refractivity contribution >= 4 is 23.6 Å². The smallest absolute Gasteiger partial charge is 0.318 e. The van der Waals surface area contributed by atoms with Gasteiger partial charge in [-0.1, -0.05) is 37.5 Å². The molecule has 156 valence electrons. The molecule has 0 radical (unpaired) electrons. The van der Waals surface area contributed by atoms with Gasteiger partial charge in [0.2, 0.25) is 0 Å². The molecule has 1 aliphatic carbocycles. The molecule has 7 nitrogen and oxygen atoms in total. The number of imide groups is 2. The molecule has 0 N–H and O–H groups in total. The number of aromatic nitrogens is 1. The number of ketones is 1. The van der Waals surface area contributed by atoms with Gasteiger partial charge in [0.15, 0.2) is 5.78 Å². The van der Waals surface area contributed by atoms with E-state index in [1.54, 1.807) is 6.07 Å². The van der Waals surface area contributed by atoms with E-state index in [0.29, 0.717) is 18.4 Å². The summed E-state index contributed by atoms with van der Waals surface area (Å²) in [6.07, 6.45) is 4.36. The Morgan fingerprint density at radius 3 is 2.30 bits per heavy atom. The van der Waals surface area contributed by atoms with Gasteiger partial charge in [-0.05, 0) is 44.9 Å². The van der Waals surface area contributed by atoms with Gasteiger partial charge in [-0.25, -0.2) is 9.69 Å². The standard InChI is InChI=1S/C23H25N3O4/c1-15-13-19(16(2)25(15)17-9-5-3-6-10-17)20(27)14-24-21(28)22(29)26(23(24)30)18-11-7-4-8-12-18/h3,5-6,9-10,13,18H,4,7-8,11-12,14H2,1-2H3. The average Bonchev–Trinajstić information content (AvgIpc) is 3.16. The van der Waals surface area contributed by atoms with Crippen LogP contribution in [0.15, 0.2) is 36.4 Å². The van der Waals surface area contributed by atoms with E-state index < -0.39 is 24.4 Å². The first kappa shape index (κ1) is 20.1. The predicted molar refractivity (Wildman–Crippen MR) is 110 cm³/mol. The number of benzene rings is 1. The zero-order chi connectivity index (χ0) is 21.4. The average molecular weight is 407 g/mol. The van der Waals surface area contributed by atoms with Crippen molar-refractivity contribution in [3.05, 3.63) is 53.3 Å². The summed E-state index contributed by atoms with van der Waals surface area (Å²) in [5.41, 5.74) is 2.98. The maximum Gasteiger partial charge on any atom is 0.334 e. The lowest BCUT2D eigenvalue weighted by Gasteiger charge is -2.28. The Morgan fingerprint density at radius 2 is 1.63 bits per heavy atom. The number of para-hydroxylation sites is 1. The van der Waals surface area contributed by atoms with Crippen LogP contribution in [0.2, 0.25) is 0 Å². The summed E-state index contributed by atoms with van der Waals surface area (Å²) in [6.45, 7) is 3.31. The van der Waals surface area contributed by atoms with Crippen molar-refractivity contribution in [2.24, 2.45) is 0 Å². The Bertz CT molecular complexity index is 1020. The van der Waals surface area contributed by atoms with E-state index in [1.807, 2.05) is 48.7 Å². The van der Waals surface area contributed by atoms with E-state index in [1.165, 1.54) is 0 Å². The fourth-order valence-electron chi connectivity index (χ4n) is 4.57. The van der Waals surface area contributed by atoms with Crippen molar-refractivity contribution in [1.82, 2.24) is 14.4 Å². The Balaban J connectivity index is 1.56. The van der Waals surface area contributed by atoms with E-state index in [0.717, 1.165) is 46.1 Å². The molecule has 30 heavy (non-hydrogen) atoms. The third-order valence-electron chi connectivity index (χ3n) is 6.07. The highest BCUT2D eigenvalue weighted by atomic mass is 16.2. The van der Waals surface area contributed by atoms with E-state index in [4.69, 9.17) is 0 Å². The lowest BCUT2D eigenvalue weighted by molar-refractivity contribution is -0.144. The van der Waals surface area contributed by atoms with Gasteiger partial charge in [0.25, 0.3) is 0 Å². The van der Waals surface area contributed by atoms with Crippen molar-refractivity contribution in [2.45, 2.75) is 52.0 Å². The van der Waals surface area contributed by atoms with Crippen molar-refractivity contribution < 1.29 is 19.2 Å². The third-order valence-corrected chi connectivity index (χ3v) is 6.07. The summed E-state index contributed by atoms with van der Waals surface area (Å²) in [7, 11) is 0. The SMILES string of the molecule is Cc1cc(C(=O)CN2C(=O)C(=O)N(C3CCCCC3)C2=O)c(C)n1-c1ccccc1. The van der Waals surface area contributed by atoms with Crippen LogP contribution in [0.4, 0.5) is 4.79 Å². The van der Waals surface area contributed by atoms with E-state index in [-0.39, 0.29) is 11.8 Å². The number of urea groups is 1. The van der Waals surface area contributed by atoms with Gasteiger partial charge in [-0.3, -0.25) is 19.3 Å². The van der Waals surface area contributed by atoms with Crippen LogP contribution in [0.3, 0.4) is 0 Å². The first-order chi connectivity index (χ1) is 14.4. The van der Waals surface area contributed by atoms with Crippen LogP contribution in [0.1, 0.15) is 53.8 Å². The van der Waals surface area contributed by atoms with Crippen LogP contribution in [-0.2, 0) is 9.59 Å². The minimum absolute atomic E-state index is 0.244. The predicted octanol–water partition coefficient (Wildman–Crippen LogP) is 3.40. The molecule has 0 bridgehead atoms. The summed E-state index contributed by atoms with van der Waals surface area (Å²) < 4.78 is 1.96. The molecule has 1 aliphatic heterocycles. The molecule has 0 spiro atoms.